The molecule has 79 heavy (non-hydrogen) atoms. The van der Waals surface area contributed by atoms with Crippen LogP contribution < -0.4 is 10.2 Å². The van der Waals surface area contributed by atoms with Crippen molar-refractivity contribution in [3.8, 4) is 0 Å². The van der Waals surface area contributed by atoms with E-state index >= 15 is 0 Å². The fraction of sp³-hybridized carbons (Fsp3) is 0.900. The summed E-state index contributed by atoms with van der Waals surface area (Å²) in [5.74, 6) is -0.190. The third-order valence-corrected chi connectivity index (χ3v) is 17.1. The molecule has 8 nitrogen and oxygen atoms in total. The van der Waals surface area contributed by atoms with Crippen LogP contribution in [0.15, 0.2) is 36.5 Å². The van der Waals surface area contributed by atoms with Gasteiger partial charge in [0.2, 0.25) is 5.91 Å². The van der Waals surface area contributed by atoms with E-state index in [2.05, 4.69) is 43.5 Å². The van der Waals surface area contributed by atoms with E-state index in [-0.39, 0.29) is 19.1 Å². The van der Waals surface area contributed by atoms with Crippen molar-refractivity contribution in [3.63, 3.8) is 0 Å². The average molecular weight is 1130 g/mol. The summed E-state index contributed by atoms with van der Waals surface area (Å²) >= 11 is 0. The van der Waals surface area contributed by atoms with Gasteiger partial charge < -0.3 is 28.8 Å². The average Bonchev–Trinajstić information content (AvgIpc) is 3.42. The van der Waals surface area contributed by atoms with Crippen LogP contribution in [0.25, 0.3) is 0 Å². The molecule has 468 valence electrons. The summed E-state index contributed by atoms with van der Waals surface area (Å²) in [6.45, 7) is 4.69. The number of carbonyl (C=O) groups excluding carboxylic acids is 1. The second kappa shape index (κ2) is 61.3. The lowest BCUT2D eigenvalue weighted by Crippen LogP contribution is -2.45. The van der Waals surface area contributed by atoms with Crippen molar-refractivity contribution in [2.75, 3.05) is 40.9 Å². The number of aliphatic hydroxyl groups excluding tert-OH is 1. The zero-order valence-corrected chi connectivity index (χ0v) is 54.5. The maximum atomic E-state index is 13.0. The van der Waals surface area contributed by atoms with Gasteiger partial charge in [-0.15, -0.1) is 0 Å². The minimum absolute atomic E-state index is 0.00141. The summed E-state index contributed by atoms with van der Waals surface area (Å²) in [5, 5.41) is 14.0. The second-order valence-electron chi connectivity index (χ2n) is 25.2. The van der Waals surface area contributed by atoms with Crippen molar-refractivity contribution in [1.29, 1.82) is 0 Å². The number of allylic oxidation sites excluding steroid dienone is 5. The van der Waals surface area contributed by atoms with Gasteiger partial charge in [-0.05, 0) is 51.4 Å². The van der Waals surface area contributed by atoms with Crippen LogP contribution in [0.5, 0.6) is 0 Å². The number of nitrogens with zero attached hydrogens (tertiary/aromatic N) is 1. The normalized spacial score (nSPS) is 13.9. The molecule has 0 radical (unpaired) electrons. The van der Waals surface area contributed by atoms with Crippen LogP contribution >= 0.6 is 7.82 Å². The Labute approximate surface area is 493 Å². The van der Waals surface area contributed by atoms with Gasteiger partial charge >= 0.3 is 0 Å². The van der Waals surface area contributed by atoms with Crippen LogP contribution in [0.4, 0.5) is 0 Å². The predicted molar refractivity (Wildman–Crippen MR) is 344 cm³/mol. The Balaban J connectivity index is 3.99. The Morgan fingerprint density at radius 2 is 0.734 bits per heavy atom. The number of unbranched alkanes of at least 4 members (excludes halogenated alkanes) is 48. The number of carbonyl (C=O) groups is 1. The molecule has 1 amide bonds. The minimum atomic E-state index is -4.60. The van der Waals surface area contributed by atoms with Gasteiger partial charge in [-0.3, -0.25) is 9.36 Å². The molecule has 3 unspecified atom stereocenters. The summed E-state index contributed by atoms with van der Waals surface area (Å²) in [4.78, 5) is 25.6. The Hall–Kier alpha value is -1.28. The molecule has 0 aromatic rings. The van der Waals surface area contributed by atoms with Crippen molar-refractivity contribution in [3.05, 3.63) is 36.5 Å². The van der Waals surface area contributed by atoms with E-state index in [0.717, 1.165) is 44.9 Å². The van der Waals surface area contributed by atoms with Gasteiger partial charge in [-0.1, -0.05) is 333 Å². The van der Waals surface area contributed by atoms with Gasteiger partial charge in [0.25, 0.3) is 7.82 Å². The van der Waals surface area contributed by atoms with Crippen molar-refractivity contribution < 1.29 is 32.9 Å². The molecule has 0 heterocycles. The number of quaternary nitrogens is 1. The lowest BCUT2D eigenvalue weighted by molar-refractivity contribution is -0.870. The number of hydrogen-bond donors (Lipinski definition) is 2. The highest BCUT2D eigenvalue weighted by Gasteiger charge is 2.23. The number of phosphoric ester groups is 1. The van der Waals surface area contributed by atoms with Crippen molar-refractivity contribution >= 4 is 13.7 Å². The zero-order chi connectivity index (χ0) is 57.7. The smallest absolute Gasteiger partial charge is 0.268 e. The van der Waals surface area contributed by atoms with E-state index in [1.54, 1.807) is 6.08 Å². The molecule has 2 N–H and O–H groups in total. The number of nitrogens with one attached hydrogen (secondary N) is 1. The summed E-state index contributed by atoms with van der Waals surface area (Å²) in [6, 6.07) is -0.885. The fourth-order valence-electron chi connectivity index (χ4n) is 10.7. The number of rotatable bonds is 65. The molecule has 3 atom stereocenters. The second-order valence-corrected chi connectivity index (χ2v) is 26.7. The molecular weight excluding hydrogens is 996 g/mol. The van der Waals surface area contributed by atoms with Crippen LogP contribution in [0.1, 0.15) is 354 Å². The highest BCUT2D eigenvalue weighted by molar-refractivity contribution is 7.45. The first-order valence-corrected chi connectivity index (χ1v) is 36.3. The molecule has 0 saturated carbocycles. The van der Waals surface area contributed by atoms with Gasteiger partial charge in [-0.25, -0.2) is 0 Å². The molecule has 0 rings (SSSR count). The highest BCUT2D eigenvalue weighted by atomic mass is 31.2. The van der Waals surface area contributed by atoms with E-state index < -0.39 is 20.0 Å². The molecule has 0 aromatic heterocycles. The first-order valence-electron chi connectivity index (χ1n) is 34.9. The van der Waals surface area contributed by atoms with Gasteiger partial charge in [0.15, 0.2) is 0 Å². The fourth-order valence-corrected chi connectivity index (χ4v) is 11.4. The van der Waals surface area contributed by atoms with Crippen LogP contribution in [0, 0.1) is 0 Å². The molecular formula is C70H137N2O6P. The quantitative estimate of drug-likeness (QED) is 0.0272. The van der Waals surface area contributed by atoms with Crippen molar-refractivity contribution in [2.45, 2.75) is 366 Å². The molecule has 0 aromatic carbocycles. The molecule has 0 spiro atoms. The summed E-state index contributed by atoms with van der Waals surface area (Å²) < 4.78 is 23.5. The molecule has 0 bridgehead atoms. The van der Waals surface area contributed by atoms with Crippen LogP contribution in [0.3, 0.4) is 0 Å². The molecule has 0 aliphatic rings. The van der Waals surface area contributed by atoms with Crippen molar-refractivity contribution in [1.82, 2.24) is 5.32 Å². The first-order chi connectivity index (χ1) is 38.5. The zero-order valence-electron chi connectivity index (χ0n) is 53.6. The maximum Gasteiger partial charge on any atom is 0.268 e. The molecule has 0 aliphatic heterocycles. The van der Waals surface area contributed by atoms with Crippen LogP contribution in [0.2, 0.25) is 0 Å². The number of hydrogen-bond acceptors (Lipinski definition) is 6. The SMILES string of the molecule is CCCCCCC/C=C\C/C=C\CCCCCCCCCCCCCCCCCCCCCCCCCC(=O)NC(COP(=O)([O-])OCC[N+](C)(C)C)C(O)/C=C/CCCCCCCCCCCCCCCCCCCCCC. The predicted octanol–water partition coefficient (Wildman–Crippen LogP) is 21.4. The summed E-state index contributed by atoms with van der Waals surface area (Å²) in [6.07, 6.45) is 81.2. The summed E-state index contributed by atoms with van der Waals surface area (Å²) in [5.41, 5.74) is 0. The molecule has 9 heteroatoms. The monoisotopic (exact) mass is 1130 g/mol. The highest BCUT2D eigenvalue weighted by Crippen LogP contribution is 2.38. The Morgan fingerprint density at radius 1 is 0.443 bits per heavy atom. The molecule has 0 saturated heterocycles. The third kappa shape index (κ3) is 64.1. The largest absolute Gasteiger partial charge is 0.756 e. The van der Waals surface area contributed by atoms with Crippen molar-refractivity contribution in [2.24, 2.45) is 0 Å². The maximum absolute atomic E-state index is 13.0. The molecule has 0 fully saturated rings. The number of phosphoric acid groups is 1. The van der Waals surface area contributed by atoms with Crippen LogP contribution in [-0.4, -0.2) is 68.5 Å². The molecule has 0 aliphatic carbocycles. The topological polar surface area (TPSA) is 108 Å². The van der Waals surface area contributed by atoms with E-state index in [0.29, 0.717) is 17.4 Å². The van der Waals surface area contributed by atoms with E-state index in [4.69, 9.17) is 9.05 Å². The minimum Gasteiger partial charge on any atom is -0.756 e. The third-order valence-electron chi connectivity index (χ3n) is 16.1. The number of amides is 1. The first kappa shape index (κ1) is 77.7. The Morgan fingerprint density at radius 3 is 1.05 bits per heavy atom. The Kier molecular flexibility index (Phi) is 60.3. The van der Waals surface area contributed by atoms with Gasteiger partial charge in [0.05, 0.1) is 39.9 Å². The van der Waals surface area contributed by atoms with Gasteiger partial charge in [0, 0.05) is 6.42 Å². The van der Waals surface area contributed by atoms with Gasteiger partial charge in [0.1, 0.15) is 13.2 Å². The van der Waals surface area contributed by atoms with Crippen LogP contribution in [-0.2, 0) is 18.4 Å². The number of aliphatic hydroxyl groups is 1. The standard InChI is InChI=1S/C70H137N2O6P/c1-6-8-10-12-14-16-18-20-22-24-26-28-30-31-32-33-34-35-36-37-38-39-40-41-42-44-46-48-50-52-54-56-58-60-62-64-70(74)71-68(67-78-79(75,76)77-66-65-72(3,4)5)69(73)63-61-59-57-55-53-51-49-47-45-43-29-27-25-23-21-19-17-15-13-11-9-7-2/h18,20,24,26,61,63,68-69,73H,6-17,19,21-23,25,27-60,62,64-67H2,1-5H3,(H-,71,74,75,76)/b20-18-,26-24-,63-61+. The van der Waals surface area contributed by atoms with Gasteiger partial charge in [-0.2, -0.15) is 0 Å². The van der Waals surface area contributed by atoms with E-state index in [1.165, 1.54) is 289 Å². The lowest BCUT2D eigenvalue weighted by Gasteiger charge is -2.29. The number of likely N-dealkylation sites (N-methyl/N-ethyl adjacent to an activating group) is 1. The summed E-state index contributed by atoms with van der Waals surface area (Å²) in [7, 11) is 1.28. The lowest BCUT2D eigenvalue weighted by atomic mass is 10.0. The van der Waals surface area contributed by atoms with E-state index in [1.807, 2.05) is 27.2 Å². The Bertz CT molecular complexity index is 1380. The van der Waals surface area contributed by atoms with E-state index in [9.17, 15) is 19.4 Å².